The van der Waals surface area contributed by atoms with Crippen molar-refractivity contribution in [1.82, 2.24) is 20.0 Å². The van der Waals surface area contributed by atoms with E-state index >= 15 is 0 Å². The zero-order valence-corrected chi connectivity index (χ0v) is 25.5. The highest BCUT2D eigenvalue weighted by atomic mass is 16.6. The van der Waals surface area contributed by atoms with Crippen LogP contribution in [0.25, 0.3) is 0 Å². The third-order valence-electron chi connectivity index (χ3n) is 8.52. The van der Waals surface area contributed by atoms with Gasteiger partial charge in [0.2, 0.25) is 0 Å². The van der Waals surface area contributed by atoms with Gasteiger partial charge < -0.3 is 24.3 Å². The van der Waals surface area contributed by atoms with Crippen molar-refractivity contribution in [2.24, 2.45) is 0 Å². The van der Waals surface area contributed by atoms with E-state index in [-0.39, 0.29) is 24.9 Å². The lowest BCUT2D eigenvalue weighted by Gasteiger charge is -2.49. The number of hydrogen-bond acceptors (Lipinski definition) is 8. The molecule has 4 aliphatic rings. The predicted octanol–water partition coefficient (Wildman–Crippen LogP) is 3.74. The lowest BCUT2D eigenvalue weighted by Crippen LogP contribution is -2.65. The van der Waals surface area contributed by atoms with E-state index in [1.807, 2.05) is 36.4 Å². The Balaban J connectivity index is 0.000000181. The monoisotopic (exact) mass is 600 g/mol. The Hall–Kier alpha value is -3.31. The van der Waals surface area contributed by atoms with Crippen LogP contribution in [0.5, 0.6) is 0 Å². The van der Waals surface area contributed by atoms with Crippen LogP contribution < -0.4 is 5.32 Å². The van der Waals surface area contributed by atoms with Crippen molar-refractivity contribution in [3.63, 3.8) is 0 Å². The SMILES string of the molecule is COC1C2CN(Cc3ccccc3)CC(CN1C(=O)OCc1ccccc1)O2.c1ccc(CN2CC3CNCC(C2)O3)cc1. The van der Waals surface area contributed by atoms with E-state index in [1.165, 1.54) is 11.1 Å². The van der Waals surface area contributed by atoms with Gasteiger partial charge in [-0.3, -0.25) is 14.7 Å². The first-order chi connectivity index (χ1) is 21.6. The summed E-state index contributed by atoms with van der Waals surface area (Å²) in [7, 11) is 1.61. The van der Waals surface area contributed by atoms with Gasteiger partial charge in [-0.2, -0.15) is 0 Å². The molecular formula is C35H44N4O5. The van der Waals surface area contributed by atoms with Gasteiger partial charge in [0.25, 0.3) is 0 Å². The first-order valence-electron chi connectivity index (χ1n) is 15.7. The molecule has 0 saturated carbocycles. The number of ether oxygens (including phenoxy) is 4. The first kappa shape index (κ1) is 30.7. The molecule has 4 aliphatic heterocycles. The molecule has 0 aliphatic carbocycles. The van der Waals surface area contributed by atoms with E-state index in [9.17, 15) is 4.79 Å². The number of benzene rings is 3. The Morgan fingerprint density at radius 3 is 1.80 bits per heavy atom. The fraction of sp³-hybridized carbons (Fsp3) is 0.457. The molecule has 1 amide bonds. The van der Waals surface area contributed by atoms with Gasteiger partial charge >= 0.3 is 6.09 Å². The molecule has 9 heteroatoms. The number of morpholine rings is 4. The molecule has 4 bridgehead atoms. The summed E-state index contributed by atoms with van der Waals surface area (Å²) in [5.74, 6) is 0. The fourth-order valence-electron chi connectivity index (χ4n) is 6.57. The maximum absolute atomic E-state index is 12.7. The van der Waals surface area contributed by atoms with Crippen molar-refractivity contribution in [3.8, 4) is 0 Å². The Morgan fingerprint density at radius 1 is 0.705 bits per heavy atom. The lowest BCUT2D eigenvalue weighted by molar-refractivity contribution is -0.220. The molecule has 7 rings (SSSR count). The van der Waals surface area contributed by atoms with Crippen molar-refractivity contribution in [2.75, 3.05) is 52.9 Å². The van der Waals surface area contributed by atoms with Crippen LogP contribution in [0.1, 0.15) is 16.7 Å². The molecule has 0 aromatic heterocycles. The quantitative estimate of drug-likeness (QED) is 0.440. The third kappa shape index (κ3) is 8.24. The molecule has 4 heterocycles. The Labute approximate surface area is 260 Å². The number of fused-ring (bicyclic) bond motifs is 4. The molecule has 3 aromatic rings. The number of hydrogen-bond donors (Lipinski definition) is 1. The summed E-state index contributed by atoms with van der Waals surface area (Å²) in [6.45, 7) is 8.25. The second-order valence-electron chi connectivity index (χ2n) is 12.0. The largest absolute Gasteiger partial charge is 0.444 e. The highest BCUT2D eigenvalue weighted by Gasteiger charge is 2.44. The minimum absolute atomic E-state index is 0.0434. The van der Waals surface area contributed by atoms with Crippen molar-refractivity contribution in [3.05, 3.63) is 108 Å². The highest BCUT2D eigenvalue weighted by molar-refractivity contribution is 5.68. The topological polar surface area (TPSA) is 75.7 Å². The number of methoxy groups -OCH3 is 1. The molecule has 0 radical (unpaired) electrons. The van der Waals surface area contributed by atoms with E-state index < -0.39 is 6.23 Å². The Morgan fingerprint density at radius 2 is 1.23 bits per heavy atom. The molecule has 4 saturated heterocycles. The number of carbonyl (C=O) groups excluding carboxylic acids is 1. The summed E-state index contributed by atoms with van der Waals surface area (Å²) in [5.41, 5.74) is 3.64. The molecule has 5 unspecified atom stereocenters. The van der Waals surface area contributed by atoms with Crippen molar-refractivity contribution < 1.29 is 23.7 Å². The van der Waals surface area contributed by atoms with Crippen LogP contribution in [0.15, 0.2) is 91.0 Å². The normalized spacial score (nSPS) is 26.8. The van der Waals surface area contributed by atoms with E-state index in [0.29, 0.717) is 25.3 Å². The molecule has 0 spiro atoms. The van der Waals surface area contributed by atoms with Gasteiger partial charge in [-0.25, -0.2) is 4.79 Å². The molecule has 5 atom stereocenters. The predicted molar refractivity (Wildman–Crippen MR) is 168 cm³/mol. The van der Waals surface area contributed by atoms with Gasteiger partial charge in [-0.1, -0.05) is 91.0 Å². The number of nitrogens with zero attached hydrogens (tertiary/aromatic N) is 3. The van der Waals surface area contributed by atoms with Gasteiger partial charge in [-0.15, -0.1) is 0 Å². The molecule has 9 nitrogen and oxygen atoms in total. The highest BCUT2D eigenvalue weighted by Crippen LogP contribution is 2.27. The average molecular weight is 601 g/mol. The zero-order chi connectivity index (χ0) is 30.1. The van der Waals surface area contributed by atoms with Crippen LogP contribution in [-0.4, -0.2) is 104 Å². The standard InChI is InChI=1S/C22H26N2O4.C13H18N2O/c1-26-21-20-15-23(12-17-8-4-2-5-9-17)13-19(28-20)14-24(21)22(25)27-16-18-10-6-3-7-11-18;1-2-4-11(5-3-1)8-15-9-12-6-14-7-13(10-15)16-12/h2-11,19-21H,12-16H2,1H3;1-5,12-14H,6-10H2. The minimum Gasteiger partial charge on any atom is -0.444 e. The third-order valence-corrected chi connectivity index (χ3v) is 8.52. The van der Waals surface area contributed by atoms with Crippen LogP contribution in [-0.2, 0) is 38.6 Å². The number of amides is 1. The van der Waals surface area contributed by atoms with Gasteiger partial charge in [0.05, 0.1) is 24.9 Å². The molecule has 234 valence electrons. The van der Waals surface area contributed by atoms with Crippen LogP contribution in [0.4, 0.5) is 4.79 Å². The zero-order valence-electron chi connectivity index (χ0n) is 25.5. The summed E-state index contributed by atoms with van der Waals surface area (Å²) in [5, 5.41) is 3.42. The smallest absolute Gasteiger partial charge is 0.412 e. The van der Waals surface area contributed by atoms with Crippen molar-refractivity contribution >= 4 is 6.09 Å². The van der Waals surface area contributed by atoms with Crippen molar-refractivity contribution in [2.45, 2.75) is 50.3 Å². The van der Waals surface area contributed by atoms with Crippen LogP contribution >= 0.6 is 0 Å². The van der Waals surface area contributed by atoms with Crippen LogP contribution in [0.3, 0.4) is 0 Å². The summed E-state index contributed by atoms with van der Waals surface area (Å²) in [6.07, 6.45) is -0.264. The maximum atomic E-state index is 12.7. The van der Waals surface area contributed by atoms with Crippen LogP contribution in [0.2, 0.25) is 0 Å². The molecule has 1 N–H and O–H groups in total. The summed E-state index contributed by atoms with van der Waals surface area (Å²) in [6, 6.07) is 30.8. The van der Waals surface area contributed by atoms with Crippen molar-refractivity contribution in [1.29, 1.82) is 0 Å². The van der Waals surface area contributed by atoms with Gasteiger partial charge in [0.15, 0.2) is 6.23 Å². The minimum atomic E-state index is -0.446. The Bertz CT molecular complexity index is 1290. The number of rotatable bonds is 7. The first-order valence-corrected chi connectivity index (χ1v) is 15.7. The molecular weight excluding hydrogens is 556 g/mol. The Kier molecular flexibility index (Phi) is 10.5. The van der Waals surface area contributed by atoms with E-state index in [2.05, 4.69) is 69.7 Å². The second kappa shape index (κ2) is 15.1. The van der Waals surface area contributed by atoms with E-state index in [4.69, 9.17) is 18.9 Å². The molecule has 4 fully saturated rings. The van der Waals surface area contributed by atoms with Gasteiger partial charge in [0, 0.05) is 59.5 Å². The second-order valence-corrected chi connectivity index (χ2v) is 12.0. The molecule has 44 heavy (non-hydrogen) atoms. The van der Waals surface area contributed by atoms with Gasteiger partial charge in [0.1, 0.15) is 12.7 Å². The lowest BCUT2D eigenvalue weighted by atomic mass is 10.1. The summed E-state index contributed by atoms with van der Waals surface area (Å²) >= 11 is 0. The average Bonchev–Trinajstić information content (AvgIpc) is 3.05. The summed E-state index contributed by atoms with van der Waals surface area (Å²) < 4.78 is 23.2. The van der Waals surface area contributed by atoms with E-state index in [0.717, 1.165) is 51.4 Å². The number of nitrogens with one attached hydrogen (secondary N) is 1. The molecule has 3 aromatic carbocycles. The fourth-order valence-corrected chi connectivity index (χ4v) is 6.57. The van der Waals surface area contributed by atoms with Crippen LogP contribution in [0, 0.1) is 0 Å². The maximum Gasteiger partial charge on any atom is 0.412 e. The number of carbonyl (C=O) groups is 1. The van der Waals surface area contributed by atoms with Gasteiger partial charge in [-0.05, 0) is 16.7 Å². The summed E-state index contributed by atoms with van der Waals surface area (Å²) in [4.78, 5) is 19.2. The van der Waals surface area contributed by atoms with E-state index in [1.54, 1.807) is 12.0 Å².